The first-order chi connectivity index (χ1) is 9.49. The monoisotopic (exact) mass is 299 g/mol. The Morgan fingerprint density at radius 3 is 2.85 bits per heavy atom. The van der Waals surface area contributed by atoms with Crippen LogP contribution < -0.4 is 4.72 Å². The van der Waals surface area contributed by atoms with Crippen LogP contribution in [0.15, 0.2) is 34.0 Å². The Labute approximate surface area is 114 Å². The Hall–Kier alpha value is -2.13. The number of aromatic amines is 1. The number of rotatable bonds is 7. The molecular weight excluding hydrogens is 286 g/mol. The maximum Gasteiger partial charge on any atom is 0.371 e. The largest absolute Gasteiger partial charge is 0.475 e. The van der Waals surface area contributed by atoms with Crippen LogP contribution in [0.4, 0.5) is 0 Å². The topological polar surface area (TPSA) is 125 Å². The van der Waals surface area contributed by atoms with Crippen molar-refractivity contribution >= 4 is 16.0 Å². The lowest BCUT2D eigenvalue weighted by Crippen LogP contribution is -2.24. The van der Waals surface area contributed by atoms with Crippen molar-refractivity contribution in [2.75, 3.05) is 6.54 Å². The summed E-state index contributed by atoms with van der Waals surface area (Å²) in [7, 11) is -3.82. The van der Waals surface area contributed by atoms with Gasteiger partial charge in [-0.15, -0.1) is 0 Å². The minimum Gasteiger partial charge on any atom is -0.475 e. The molecule has 0 aliphatic heterocycles. The number of carboxylic acids is 1. The van der Waals surface area contributed by atoms with Crippen LogP contribution in [-0.4, -0.2) is 36.0 Å². The molecule has 2 heterocycles. The van der Waals surface area contributed by atoms with E-state index >= 15 is 0 Å². The van der Waals surface area contributed by atoms with Crippen LogP contribution in [0.3, 0.4) is 0 Å². The fraction of sp³-hybridized carbons (Fsp3) is 0.273. The van der Waals surface area contributed by atoms with E-state index in [1.54, 1.807) is 12.4 Å². The zero-order chi connectivity index (χ0) is 14.6. The lowest BCUT2D eigenvalue weighted by atomic mass is 10.3. The highest BCUT2D eigenvalue weighted by molar-refractivity contribution is 7.89. The zero-order valence-electron chi connectivity index (χ0n) is 10.4. The molecule has 2 aromatic rings. The van der Waals surface area contributed by atoms with Crippen molar-refractivity contribution in [2.45, 2.75) is 17.9 Å². The number of nitrogens with zero attached hydrogens (tertiary/aromatic N) is 1. The molecule has 0 fully saturated rings. The molecule has 0 radical (unpaired) electrons. The smallest absolute Gasteiger partial charge is 0.371 e. The van der Waals surface area contributed by atoms with Crippen molar-refractivity contribution in [3.8, 4) is 0 Å². The maximum absolute atomic E-state index is 11.8. The molecule has 0 spiro atoms. The van der Waals surface area contributed by atoms with Gasteiger partial charge < -0.3 is 14.5 Å². The quantitative estimate of drug-likeness (QED) is 0.643. The molecule has 0 aromatic carbocycles. The third kappa shape index (κ3) is 3.45. The predicted molar refractivity (Wildman–Crippen MR) is 67.8 cm³/mol. The van der Waals surface area contributed by atoms with Gasteiger partial charge in [0.2, 0.25) is 10.9 Å². The number of H-pyrrole nitrogens is 1. The van der Waals surface area contributed by atoms with Crippen LogP contribution in [0, 0.1) is 0 Å². The van der Waals surface area contributed by atoms with E-state index in [-0.39, 0.29) is 6.54 Å². The number of imidazole rings is 1. The van der Waals surface area contributed by atoms with Crippen molar-refractivity contribution in [3.63, 3.8) is 0 Å². The van der Waals surface area contributed by atoms with E-state index in [4.69, 9.17) is 9.52 Å². The summed E-state index contributed by atoms with van der Waals surface area (Å²) >= 11 is 0. The van der Waals surface area contributed by atoms with Crippen LogP contribution in [0.25, 0.3) is 0 Å². The standard InChI is InChI=1S/C11H13N3O5S/c15-11(16)8-3-4-10(19-8)20(17,18)14-5-1-2-9-12-6-7-13-9/h3-4,6-7,14H,1-2,5H2,(H,12,13)(H,15,16). The van der Waals surface area contributed by atoms with Crippen molar-refractivity contribution in [2.24, 2.45) is 0 Å². The molecule has 0 aliphatic rings. The molecule has 0 atom stereocenters. The molecule has 2 rings (SSSR count). The van der Waals surface area contributed by atoms with E-state index in [1.165, 1.54) is 0 Å². The summed E-state index contributed by atoms with van der Waals surface area (Å²) in [6.07, 6.45) is 4.47. The van der Waals surface area contributed by atoms with Crippen LogP contribution in [0.5, 0.6) is 0 Å². The number of aromatic nitrogens is 2. The number of hydrogen-bond donors (Lipinski definition) is 3. The summed E-state index contributed by atoms with van der Waals surface area (Å²) in [5.41, 5.74) is 0. The summed E-state index contributed by atoms with van der Waals surface area (Å²) in [6, 6.07) is 2.21. The van der Waals surface area contributed by atoms with E-state index < -0.39 is 26.8 Å². The van der Waals surface area contributed by atoms with Gasteiger partial charge in [-0.25, -0.2) is 22.9 Å². The van der Waals surface area contributed by atoms with Gasteiger partial charge in [-0.1, -0.05) is 0 Å². The number of furan rings is 1. The van der Waals surface area contributed by atoms with E-state index in [1.807, 2.05) is 0 Å². The summed E-state index contributed by atoms with van der Waals surface area (Å²) in [6.45, 7) is 0.201. The van der Waals surface area contributed by atoms with Gasteiger partial charge in [-0.2, -0.15) is 0 Å². The summed E-state index contributed by atoms with van der Waals surface area (Å²) in [4.78, 5) is 17.5. The third-order valence-electron chi connectivity index (χ3n) is 2.49. The Bertz CT molecular complexity index is 675. The summed E-state index contributed by atoms with van der Waals surface area (Å²) in [5.74, 6) is -0.958. The molecule has 20 heavy (non-hydrogen) atoms. The van der Waals surface area contributed by atoms with Crippen LogP contribution in [0.1, 0.15) is 22.8 Å². The second-order valence-electron chi connectivity index (χ2n) is 3.96. The minimum absolute atomic E-state index is 0.201. The Morgan fingerprint density at radius 2 is 2.25 bits per heavy atom. The Morgan fingerprint density at radius 1 is 1.45 bits per heavy atom. The highest BCUT2D eigenvalue weighted by Crippen LogP contribution is 2.13. The van der Waals surface area contributed by atoms with E-state index in [2.05, 4.69) is 14.7 Å². The Kier molecular flexibility index (Phi) is 4.20. The number of carbonyl (C=O) groups is 1. The van der Waals surface area contributed by atoms with Gasteiger partial charge in [-0.05, 0) is 18.6 Å². The fourth-order valence-electron chi connectivity index (χ4n) is 1.55. The molecular formula is C11H13N3O5S. The van der Waals surface area contributed by atoms with Gasteiger partial charge >= 0.3 is 5.97 Å². The van der Waals surface area contributed by atoms with E-state index in [0.29, 0.717) is 12.8 Å². The number of hydrogen-bond acceptors (Lipinski definition) is 5. The normalized spacial score (nSPS) is 11.6. The first-order valence-electron chi connectivity index (χ1n) is 5.80. The Balaban J connectivity index is 1.88. The van der Waals surface area contributed by atoms with Gasteiger partial charge in [-0.3, -0.25) is 0 Å². The number of aromatic carboxylic acids is 1. The SMILES string of the molecule is O=C(O)c1ccc(S(=O)(=O)NCCCc2ncc[nH]2)o1. The molecule has 8 nitrogen and oxygen atoms in total. The summed E-state index contributed by atoms with van der Waals surface area (Å²) < 4.78 is 30.7. The van der Waals surface area contributed by atoms with Crippen molar-refractivity contribution in [1.82, 2.24) is 14.7 Å². The molecule has 0 bridgehead atoms. The van der Waals surface area contributed by atoms with E-state index in [0.717, 1.165) is 18.0 Å². The highest BCUT2D eigenvalue weighted by Gasteiger charge is 2.20. The number of aryl methyl sites for hydroxylation is 1. The molecule has 2 aromatic heterocycles. The average Bonchev–Trinajstić information content (AvgIpc) is 3.05. The molecule has 0 saturated carbocycles. The van der Waals surface area contributed by atoms with Crippen molar-refractivity contribution in [3.05, 3.63) is 36.1 Å². The average molecular weight is 299 g/mol. The van der Waals surface area contributed by atoms with Crippen LogP contribution in [-0.2, 0) is 16.4 Å². The second-order valence-corrected chi connectivity index (χ2v) is 5.66. The van der Waals surface area contributed by atoms with Gasteiger partial charge in [0.15, 0.2) is 0 Å². The second kappa shape index (κ2) is 5.88. The highest BCUT2D eigenvalue weighted by atomic mass is 32.2. The molecule has 108 valence electrons. The van der Waals surface area contributed by atoms with Crippen LogP contribution in [0.2, 0.25) is 0 Å². The maximum atomic E-state index is 11.8. The van der Waals surface area contributed by atoms with Gasteiger partial charge in [0.05, 0.1) is 0 Å². The molecule has 0 aliphatic carbocycles. The van der Waals surface area contributed by atoms with Gasteiger partial charge in [0.25, 0.3) is 10.0 Å². The number of nitrogens with one attached hydrogen (secondary N) is 2. The molecule has 9 heteroatoms. The van der Waals surface area contributed by atoms with Crippen LogP contribution >= 0.6 is 0 Å². The molecule has 0 amide bonds. The first-order valence-corrected chi connectivity index (χ1v) is 7.28. The predicted octanol–water partition coefficient (Wildman–Crippen LogP) is 0.612. The van der Waals surface area contributed by atoms with Crippen molar-refractivity contribution < 1.29 is 22.7 Å². The minimum atomic E-state index is -3.82. The molecule has 0 saturated heterocycles. The zero-order valence-corrected chi connectivity index (χ0v) is 11.2. The lowest BCUT2D eigenvalue weighted by Gasteiger charge is -2.03. The third-order valence-corrected chi connectivity index (χ3v) is 3.83. The molecule has 3 N–H and O–H groups in total. The molecule has 0 unspecified atom stereocenters. The van der Waals surface area contributed by atoms with Gasteiger partial charge in [0.1, 0.15) is 5.82 Å². The van der Waals surface area contributed by atoms with Crippen molar-refractivity contribution in [1.29, 1.82) is 0 Å². The number of sulfonamides is 1. The first kappa shape index (κ1) is 14.3. The fourth-order valence-corrected chi connectivity index (χ4v) is 2.55. The number of carboxylic acid groups (broad SMARTS) is 1. The van der Waals surface area contributed by atoms with E-state index in [9.17, 15) is 13.2 Å². The summed E-state index contributed by atoms with van der Waals surface area (Å²) in [5, 5.41) is 8.25. The van der Waals surface area contributed by atoms with Gasteiger partial charge in [0, 0.05) is 25.4 Å². The lowest BCUT2D eigenvalue weighted by molar-refractivity contribution is 0.0656.